The number of carboxylic acids is 1. The molecular formula is C17H20F3N3O4. The number of carbonyl (C=O) groups is 2. The van der Waals surface area contributed by atoms with Gasteiger partial charge in [0.1, 0.15) is 12.2 Å². The number of aliphatic carboxylic acids is 1. The first-order valence-corrected chi connectivity index (χ1v) is 8.24. The van der Waals surface area contributed by atoms with Crippen LogP contribution >= 0.6 is 0 Å². The maximum absolute atomic E-state index is 11.5. The molecule has 0 unspecified atom stereocenters. The van der Waals surface area contributed by atoms with Crippen LogP contribution in [0.4, 0.5) is 13.2 Å². The molecule has 0 bridgehead atoms. The van der Waals surface area contributed by atoms with Crippen LogP contribution in [0.25, 0.3) is 11.0 Å². The highest BCUT2D eigenvalue weighted by Gasteiger charge is 2.38. The van der Waals surface area contributed by atoms with Crippen LogP contribution < -0.4 is 0 Å². The number of likely N-dealkylation sites (tertiary alicyclic amines) is 1. The van der Waals surface area contributed by atoms with E-state index in [1.54, 1.807) is 6.20 Å². The third-order valence-electron chi connectivity index (χ3n) is 4.08. The van der Waals surface area contributed by atoms with Crippen molar-refractivity contribution in [3.05, 3.63) is 30.1 Å². The second-order valence-electron chi connectivity index (χ2n) is 6.02. The first kappa shape index (κ1) is 20.7. The minimum atomic E-state index is -5.08. The number of hydrogen-bond donors (Lipinski definition) is 1. The largest absolute Gasteiger partial charge is 0.490 e. The van der Waals surface area contributed by atoms with Crippen LogP contribution in [0, 0.1) is 0 Å². The molecule has 0 radical (unpaired) electrons. The van der Waals surface area contributed by atoms with Crippen molar-refractivity contribution in [2.75, 3.05) is 20.2 Å². The molecule has 3 rings (SSSR count). The minimum Gasteiger partial charge on any atom is -0.475 e. The lowest BCUT2D eigenvalue weighted by Gasteiger charge is -2.13. The highest BCUT2D eigenvalue weighted by atomic mass is 19.4. The van der Waals surface area contributed by atoms with E-state index in [1.165, 1.54) is 25.5 Å². The van der Waals surface area contributed by atoms with Gasteiger partial charge in [0.2, 0.25) is 0 Å². The van der Waals surface area contributed by atoms with Crippen LogP contribution in [0.5, 0.6) is 0 Å². The quantitative estimate of drug-likeness (QED) is 0.812. The van der Waals surface area contributed by atoms with Gasteiger partial charge in [-0.3, -0.25) is 9.69 Å². The van der Waals surface area contributed by atoms with E-state index in [0.29, 0.717) is 0 Å². The molecule has 2 aromatic rings. The zero-order valence-electron chi connectivity index (χ0n) is 14.7. The van der Waals surface area contributed by atoms with Crippen molar-refractivity contribution >= 4 is 23.0 Å². The molecule has 1 fully saturated rings. The number of ether oxygens (including phenoxy) is 1. The predicted octanol–water partition coefficient (Wildman–Crippen LogP) is 2.44. The molecule has 0 atom stereocenters. The molecule has 1 N–H and O–H groups in total. The third kappa shape index (κ3) is 5.68. The number of carboxylic acid groups (broad SMARTS) is 1. The Labute approximate surface area is 153 Å². The number of rotatable bonds is 4. The summed E-state index contributed by atoms with van der Waals surface area (Å²) in [6.07, 6.45) is 1.26. The molecule has 0 aliphatic carbocycles. The first-order valence-electron chi connectivity index (χ1n) is 8.24. The van der Waals surface area contributed by atoms with E-state index >= 15 is 0 Å². The Morgan fingerprint density at radius 1 is 1.30 bits per heavy atom. The molecule has 27 heavy (non-hydrogen) atoms. The summed E-state index contributed by atoms with van der Waals surface area (Å²) in [5, 5.41) is 8.25. The molecule has 1 saturated heterocycles. The maximum Gasteiger partial charge on any atom is 0.490 e. The number of carbonyl (C=O) groups excluding carboxylic acids is 1. The van der Waals surface area contributed by atoms with E-state index in [-0.39, 0.29) is 12.5 Å². The van der Waals surface area contributed by atoms with E-state index in [2.05, 4.69) is 16.0 Å². The third-order valence-corrected chi connectivity index (χ3v) is 4.08. The van der Waals surface area contributed by atoms with Crippen molar-refractivity contribution in [2.45, 2.75) is 32.1 Å². The van der Waals surface area contributed by atoms with E-state index in [1.807, 2.05) is 16.8 Å². The van der Waals surface area contributed by atoms with Gasteiger partial charge in [0.25, 0.3) is 0 Å². The molecule has 0 amide bonds. The Hall–Kier alpha value is -2.62. The SMILES string of the molecule is COC(=O)Cn1cc(CN2CCCC2)c2cccnc21.O=C(O)C(F)(F)F. The second-order valence-corrected chi connectivity index (χ2v) is 6.02. The summed E-state index contributed by atoms with van der Waals surface area (Å²) in [4.78, 5) is 27.2. The molecular weight excluding hydrogens is 367 g/mol. The summed E-state index contributed by atoms with van der Waals surface area (Å²) in [5.41, 5.74) is 2.09. The van der Waals surface area contributed by atoms with E-state index in [9.17, 15) is 18.0 Å². The molecule has 0 spiro atoms. The van der Waals surface area contributed by atoms with Gasteiger partial charge in [-0.05, 0) is 43.6 Å². The molecule has 1 aliphatic heterocycles. The fraction of sp³-hybridized carbons (Fsp3) is 0.471. The van der Waals surface area contributed by atoms with E-state index < -0.39 is 12.1 Å². The van der Waals surface area contributed by atoms with Crippen LogP contribution in [0.1, 0.15) is 18.4 Å². The Bertz CT molecular complexity index is 798. The summed E-state index contributed by atoms with van der Waals surface area (Å²) >= 11 is 0. The lowest BCUT2D eigenvalue weighted by molar-refractivity contribution is -0.192. The Balaban J connectivity index is 0.000000321. The zero-order valence-corrected chi connectivity index (χ0v) is 14.7. The number of hydrogen-bond acceptors (Lipinski definition) is 5. The molecule has 148 valence electrons. The van der Waals surface area contributed by atoms with Gasteiger partial charge in [-0.15, -0.1) is 0 Å². The van der Waals surface area contributed by atoms with Crippen molar-refractivity contribution in [1.29, 1.82) is 0 Å². The van der Waals surface area contributed by atoms with Crippen LogP contribution in [0.15, 0.2) is 24.5 Å². The van der Waals surface area contributed by atoms with Gasteiger partial charge in [-0.2, -0.15) is 13.2 Å². The monoisotopic (exact) mass is 387 g/mol. The van der Waals surface area contributed by atoms with Crippen molar-refractivity contribution < 1.29 is 32.6 Å². The molecule has 0 aromatic carbocycles. The number of fused-ring (bicyclic) bond motifs is 1. The topological polar surface area (TPSA) is 84.7 Å². The van der Waals surface area contributed by atoms with Gasteiger partial charge >= 0.3 is 18.1 Å². The zero-order chi connectivity index (χ0) is 20.0. The molecule has 2 aromatic heterocycles. The highest BCUT2D eigenvalue weighted by molar-refractivity contribution is 5.82. The maximum atomic E-state index is 11.5. The van der Waals surface area contributed by atoms with Gasteiger partial charge in [0.15, 0.2) is 0 Å². The Kier molecular flexibility index (Phi) is 6.78. The van der Waals surface area contributed by atoms with Crippen molar-refractivity contribution in [1.82, 2.24) is 14.5 Å². The van der Waals surface area contributed by atoms with Crippen LogP contribution in [-0.4, -0.2) is 57.9 Å². The molecule has 7 nitrogen and oxygen atoms in total. The lowest BCUT2D eigenvalue weighted by Crippen LogP contribution is -2.21. The Morgan fingerprint density at radius 2 is 1.93 bits per heavy atom. The van der Waals surface area contributed by atoms with Crippen LogP contribution in [0.3, 0.4) is 0 Å². The first-order chi connectivity index (χ1) is 12.7. The summed E-state index contributed by atoms with van der Waals surface area (Å²) in [5.74, 6) is -3.01. The number of nitrogens with zero attached hydrogens (tertiary/aromatic N) is 3. The summed E-state index contributed by atoms with van der Waals surface area (Å²) in [6, 6.07) is 4.01. The number of alkyl halides is 3. The normalized spacial score (nSPS) is 14.7. The molecule has 10 heteroatoms. The summed E-state index contributed by atoms with van der Waals surface area (Å²) in [7, 11) is 1.41. The van der Waals surface area contributed by atoms with E-state index in [4.69, 9.17) is 14.6 Å². The Morgan fingerprint density at radius 3 is 2.48 bits per heavy atom. The van der Waals surface area contributed by atoms with Gasteiger partial charge in [-0.25, -0.2) is 9.78 Å². The van der Waals surface area contributed by atoms with Crippen LogP contribution in [0.2, 0.25) is 0 Å². The molecule has 0 saturated carbocycles. The number of methoxy groups -OCH3 is 1. The number of aromatic nitrogens is 2. The average molecular weight is 387 g/mol. The lowest BCUT2D eigenvalue weighted by atomic mass is 10.2. The average Bonchev–Trinajstić information content (AvgIpc) is 3.24. The van der Waals surface area contributed by atoms with Crippen molar-refractivity contribution in [2.24, 2.45) is 0 Å². The molecule has 3 heterocycles. The van der Waals surface area contributed by atoms with Crippen molar-refractivity contribution in [3.63, 3.8) is 0 Å². The van der Waals surface area contributed by atoms with Gasteiger partial charge in [-0.1, -0.05) is 0 Å². The van der Waals surface area contributed by atoms with Crippen LogP contribution in [-0.2, 0) is 27.4 Å². The second kappa shape index (κ2) is 8.85. The van der Waals surface area contributed by atoms with Gasteiger partial charge < -0.3 is 14.4 Å². The number of esters is 1. The van der Waals surface area contributed by atoms with Gasteiger partial charge in [0.05, 0.1) is 7.11 Å². The van der Waals surface area contributed by atoms with Gasteiger partial charge in [0, 0.05) is 24.3 Å². The smallest absolute Gasteiger partial charge is 0.475 e. The number of halogens is 3. The fourth-order valence-corrected chi connectivity index (χ4v) is 2.83. The van der Waals surface area contributed by atoms with Crippen molar-refractivity contribution in [3.8, 4) is 0 Å². The highest BCUT2D eigenvalue weighted by Crippen LogP contribution is 2.22. The molecule has 1 aliphatic rings. The minimum absolute atomic E-state index is 0.212. The standard InChI is InChI=1S/C15H19N3O2.C2HF3O2/c1-20-14(19)11-18-10-12(9-17-7-2-3-8-17)13-5-4-6-16-15(13)18;3-2(4,5)1(6)7/h4-6,10H,2-3,7-9,11H2,1H3;(H,6,7). The predicted molar refractivity (Wildman–Crippen MR) is 90.0 cm³/mol. The van der Waals surface area contributed by atoms with E-state index in [0.717, 1.165) is 30.7 Å². The summed E-state index contributed by atoms with van der Waals surface area (Å²) in [6.45, 7) is 3.45. The number of pyridine rings is 1. The summed E-state index contributed by atoms with van der Waals surface area (Å²) < 4.78 is 38.4. The fourth-order valence-electron chi connectivity index (χ4n) is 2.83.